The highest BCUT2D eigenvalue weighted by atomic mass is 14.5. The Kier molecular flexibility index (Phi) is 2.28. The molecule has 56 valence electrons. The van der Waals surface area contributed by atoms with Gasteiger partial charge in [-0.25, -0.2) is 0 Å². The molecule has 0 saturated carbocycles. The third-order valence-corrected chi connectivity index (χ3v) is 2.00. The largest absolute Gasteiger partial charge is 0.326 e. The van der Waals surface area contributed by atoms with Gasteiger partial charge in [0.25, 0.3) is 0 Å². The van der Waals surface area contributed by atoms with Crippen molar-refractivity contribution in [2.75, 3.05) is 6.54 Å². The van der Waals surface area contributed by atoms with Gasteiger partial charge >= 0.3 is 0 Å². The van der Waals surface area contributed by atoms with Crippen molar-refractivity contribution in [2.24, 2.45) is 11.7 Å². The lowest BCUT2D eigenvalue weighted by Crippen LogP contribution is -2.08. The van der Waals surface area contributed by atoms with E-state index in [1.807, 2.05) is 0 Å². The van der Waals surface area contributed by atoms with Crippen LogP contribution in [0.1, 0.15) is 20.3 Å². The van der Waals surface area contributed by atoms with E-state index in [2.05, 4.69) is 26.0 Å². The van der Waals surface area contributed by atoms with Crippen LogP contribution in [0, 0.1) is 5.92 Å². The zero-order valence-corrected chi connectivity index (χ0v) is 6.72. The third kappa shape index (κ3) is 1.48. The molecule has 0 fully saturated rings. The summed E-state index contributed by atoms with van der Waals surface area (Å²) in [7, 11) is 0. The highest BCUT2D eigenvalue weighted by Gasteiger charge is 2.06. The SMILES string of the molecule is CC1=CC(C)CC=C1CN. The Hall–Kier alpha value is -0.560. The van der Waals surface area contributed by atoms with Gasteiger partial charge in [-0.05, 0) is 24.8 Å². The molecule has 1 aliphatic rings. The molecule has 0 bridgehead atoms. The van der Waals surface area contributed by atoms with Crippen LogP contribution < -0.4 is 5.73 Å². The molecule has 0 aromatic carbocycles. The molecule has 0 saturated heterocycles. The second-order valence-corrected chi connectivity index (χ2v) is 3.00. The first-order valence-electron chi connectivity index (χ1n) is 3.82. The Morgan fingerprint density at radius 3 is 2.90 bits per heavy atom. The zero-order valence-electron chi connectivity index (χ0n) is 6.72. The van der Waals surface area contributed by atoms with E-state index >= 15 is 0 Å². The van der Waals surface area contributed by atoms with Crippen molar-refractivity contribution in [3.05, 3.63) is 23.3 Å². The molecular formula is C9H15N. The molecule has 2 N–H and O–H groups in total. The minimum absolute atomic E-state index is 0.690. The van der Waals surface area contributed by atoms with E-state index in [1.165, 1.54) is 11.1 Å². The Morgan fingerprint density at radius 1 is 1.70 bits per heavy atom. The quantitative estimate of drug-likeness (QED) is 0.586. The number of rotatable bonds is 1. The van der Waals surface area contributed by atoms with Crippen LogP contribution in [0.15, 0.2) is 23.3 Å². The van der Waals surface area contributed by atoms with Gasteiger partial charge in [-0.1, -0.05) is 24.6 Å². The van der Waals surface area contributed by atoms with Crippen molar-refractivity contribution in [3.8, 4) is 0 Å². The first-order valence-corrected chi connectivity index (χ1v) is 3.82. The Morgan fingerprint density at radius 2 is 2.40 bits per heavy atom. The van der Waals surface area contributed by atoms with Crippen molar-refractivity contribution >= 4 is 0 Å². The maximum absolute atomic E-state index is 5.53. The number of nitrogens with two attached hydrogens (primary N) is 1. The summed E-state index contributed by atoms with van der Waals surface area (Å²) in [5.74, 6) is 0.704. The lowest BCUT2D eigenvalue weighted by molar-refractivity contribution is 0.719. The van der Waals surface area contributed by atoms with Gasteiger partial charge in [-0.15, -0.1) is 0 Å². The van der Waals surface area contributed by atoms with Gasteiger partial charge in [0.05, 0.1) is 0 Å². The predicted octanol–water partition coefficient (Wildman–Crippen LogP) is 1.86. The average molecular weight is 137 g/mol. The van der Waals surface area contributed by atoms with Crippen molar-refractivity contribution in [3.63, 3.8) is 0 Å². The van der Waals surface area contributed by atoms with Crippen LogP contribution in [-0.4, -0.2) is 6.54 Å². The molecule has 0 heterocycles. The fraction of sp³-hybridized carbons (Fsp3) is 0.556. The van der Waals surface area contributed by atoms with Crippen LogP contribution in [0.3, 0.4) is 0 Å². The molecule has 0 amide bonds. The van der Waals surface area contributed by atoms with Crippen LogP contribution in [0.5, 0.6) is 0 Å². The molecule has 0 aromatic heterocycles. The molecular weight excluding hydrogens is 122 g/mol. The Labute approximate surface area is 62.6 Å². The van der Waals surface area contributed by atoms with Crippen molar-refractivity contribution < 1.29 is 0 Å². The Bertz CT molecular complexity index is 177. The molecule has 0 radical (unpaired) electrons. The summed E-state index contributed by atoms with van der Waals surface area (Å²) in [4.78, 5) is 0. The van der Waals surface area contributed by atoms with Gasteiger partial charge in [0.15, 0.2) is 0 Å². The monoisotopic (exact) mass is 137 g/mol. The van der Waals surface area contributed by atoms with E-state index in [-0.39, 0.29) is 0 Å². The molecule has 1 rings (SSSR count). The average Bonchev–Trinajstić information content (AvgIpc) is 1.88. The summed E-state index contributed by atoms with van der Waals surface area (Å²) in [6.07, 6.45) is 5.70. The summed E-state index contributed by atoms with van der Waals surface area (Å²) in [5, 5.41) is 0. The predicted molar refractivity (Wildman–Crippen MR) is 44.7 cm³/mol. The van der Waals surface area contributed by atoms with E-state index in [4.69, 9.17) is 5.73 Å². The smallest absolute Gasteiger partial charge is 0.0177 e. The Balaban J connectivity index is 2.71. The van der Waals surface area contributed by atoms with Crippen LogP contribution in [0.4, 0.5) is 0 Å². The van der Waals surface area contributed by atoms with Crippen LogP contribution >= 0.6 is 0 Å². The molecule has 10 heavy (non-hydrogen) atoms. The molecule has 1 aliphatic carbocycles. The summed E-state index contributed by atoms with van der Waals surface area (Å²) in [5.41, 5.74) is 8.21. The van der Waals surface area contributed by atoms with Crippen LogP contribution in [-0.2, 0) is 0 Å². The maximum atomic E-state index is 5.53. The van der Waals surface area contributed by atoms with Crippen LogP contribution in [0.2, 0.25) is 0 Å². The standard InChI is InChI=1S/C9H15N/c1-7-3-4-9(6-10)8(2)5-7/h4-5,7H,3,6,10H2,1-2H3. The molecule has 1 atom stereocenters. The van der Waals surface area contributed by atoms with E-state index < -0.39 is 0 Å². The summed E-state index contributed by atoms with van der Waals surface area (Å²) < 4.78 is 0. The molecule has 1 heteroatoms. The molecule has 0 aliphatic heterocycles. The highest BCUT2D eigenvalue weighted by molar-refractivity contribution is 5.33. The van der Waals surface area contributed by atoms with Gasteiger partial charge in [0, 0.05) is 6.54 Å². The van der Waals surface area contributed by atoms with Gasteiger partial charge in [0.1, 0.15) is 0 Å². The molecule has 0 aromatic rings. The third-order valence-electron chi connectivity index (χ3n) is 2.00. The van der Waals surface area contributed by atoms with E-state index in [0.717, 1.165) is 6.42 Å². The second-order valence-electron chi connectivity index (χ2n) is 3.00. The van der Waals surface area contributed by atoms with Crippen LogP contribution in [0.25, 0.3) is 0 Å². The van der Waals surface area contributed by atoms with E-state index in [9.17, 15) is 0 Å². The molecule has 1 nitrogen and oxygen atoms in total. The first kappa shape index (κ1) is 7.55. The number of allylic oxidation sites excluding steroid dienone is 2. The van der Waals surface area contributed by atoms with Crippen molar-refractivity contribution in [1.29, 1.82) is 0 Å². The molecule has 0 spiro atoms. The molecule has 1 unspecified atom stereocenters. The zero-order chi connectivity index (χ0) is 7.56. The highest BCUT2D eigenvalue weighted by Crippen LogP contribution is 2.20. The van der Waals surface area contributed by atoms with Crippen molar-refractivity contribution in [1.82, 2.24) is 0 Å². The maximum Gasteiger partial charge on any atom is 0.0177 e. The minimum Gasteiger partial charge on any atom is -0.326 e. The summed E-state index contributed by atoms with van der Waals surface area (Å²) in [6.45, 7) is 5.05. The summed E-state index contributed by atoms with van der Waals surface area (Å²) in [6, 6.07) is 0. The van der Waals surface area contributed by atoms with Gasteiger partial charge in [0.2, 0.25) is 0 Å². The van der Waals surface area contributed by atoms with Crippen molar-refractivity contribution in [2.45, 2.75) is 20.3 Å². The topological polar surface area (TPSA) is 26.0 Å². The normalized spacial score (nSPS) is 25.7. The van der Waals surface area contributed by atoms with Gasteiger partial charge < -0.3 is 5.73 Å². The summed E-state index contributed by atoms with van der Waals surface area (Å²) >= 11 is 0. The lowest BCUT2D eigenvalue weighted by Gasteiger charge is -2.14. The minimum atomic E-state index is 0.690. The number of hydrogen-bond acceptors (Lipinski definition) is 1. The second kappa shape index (κ2) is 3.02. The lowest BCUT2D eigenvalue weighted by atomic mass is 9.93. The fourth-order valence-electron chi connectivity index (χ4n) is 1.34. The first-order chi connectivity index (χ1) is 4.74. The number of hydrogen-bond donors (Lipinski definition) is 1. The fourth-order valence-corrected chi connectivity index (χ4v) is 1.34. The van der Waals surface area contributed by atoms with E-state index in [0.29, 0.717) is 12.5 Å². The van der Waals surface area contributed by atoms with Gasteiger partial charge in [-0.2, -0.15) is 0 Å². The van der Waals surface area contributed by atoms with Gasteiger partial charge in [-0.3, -0.25) is 0 Å². The van der Waals surface area contributed by atoms with E-state index in [1.54, 1.807) is 0 Å².